The Morgan fingerprint density at radius 2 is 1.72 bits per heavy atom. The largest absolute Gasteiger partial charge is 0.444 e. The molecular formula is C26H25Cl2F3N2O6. The van der Waals surface area contributed by atoms with E-state index in [1.165, 1.54) is 23.1 Å². The third-order valence-electron chi connectivity index (χ3n) is 6.79. The number of fused-ring (bicyclic) bond motifs is 2. The van der Waals surface area contributed by atoms with Crippen molar-refractivity contribution in [2.75, 3.05) is 19.6 Å². The van der Waals surface area contributed by atoms with Crippen LogP contribution in [0.3, 0.4) is 0 Å². The van der Waals surface area contributed by atoms with Crippen molar-refractivity contribution >= 4 is 35.1 Å². The summed E-state index contributed by atoms with van der Waals surface area (Å²) in [6, 6.07) is 7.45. The van der Waals surface area contributed by atoms with Gasteiger partial charge in [0.1, 0.15) is 11.2 Å². The lowest BCUT2D eigenvalue weighted by Gasteiger charge is -2.47. The number of amides is 1. The standard InChI is InChI=1S/C26H25Cl2F3N2O6/c1-23(2,3)39-22(35)32-13-25(14-32)20-5-4-15(6-16(20)11-38-25)21(34)10-24(12-33(36)37,26(29,30)31)17-7-18(27)9-19(28)8-17/h4-9H,10-14H2,1-3H3. The molecule has 0 bridgehead atoms. The number of benzene rings is 2. The van der Waals surface area contributed by atoms with Crippen molar-refractivity contribution in [1.29, 1.82) is 0 Å². The highest BCUT2D eigenvalue weighted by Crippen LogP contribution is 2.47. The lowest BCUT2D eigenvalue weighted by Crippen LogP contribution is -2.61. The van der Waals surface area contributed by atoms with Crippen molar-refractivity contribution < 1.29 is 37.2 Å². The van der Waals surface area contributed by atoms with E-state index in [0.717, 1.165) is 12.1 Å². The van der Waals surface area contributed by atoms with Gasteiger partial charge in [-0.25, -0.2) is 4.79 Å². The number of likely N-dealkylation sites (tertiary alicyclic amines) is 1. The molecule has 2 heterocycles. The monoisotopic (exact) mass is 588 g/mol. The first-order valence-corrected chi connectivity index (χ1v) is 12.6. The predicted octanol–water partition coefficient (Wildman–Crippen LogP) is 6.32. The van der Waals surface area contributed by atoms with E-state index < -0.39 is 58.1 Å². The predicted molar refractivity (Wildman–Crippen MR) is 136 cm³/mol. The van der Waals surface area contributed by atoms with E-state index in [1.807, 2.05) is 0 Å². The van der Waals surface area contributed by atoms with Crippen LogP contribution in [-0.4, -0.2) is 53.1 Å². The molecule has 0 radical (unpaired) electrons. The van der Waals surface area contributed by atoms with Gasteiger partial charge in [0.25, 0.3) is 0 Å². The summed E-state index contributed by atoms with van der Waals surface area (Å²) in [4.78, 5) is 37.4. The van der Waals surface area contributed by atoms with E-state index in [0.29, 0.717) is 11.1 Å². The second-order valence-corrected chi connectivity index (χ2v) is 11.7. The maximum atomic E-state index is 14.5. The summed E-state index contributed by atoms with van der Waals surface area (Å²) in [5, 5.41) is 11.1. The van der Waals surface area contributed by atoms with Crippen LogP contribution in [-0.2, 0) is 27.1 Å². The second kappa shape index (κ2) is 9.94. The zero-order valence-electron chi connectivity index (χ0n) is 21.2. The molecule has 1 amide bonds. The minimum atomic E-state index is -5.18. The topological polar surface area (TPSA) is 99.0 Å². The molecule has 2 aromatic carbocycles. The highest BCUT2D eigenvalue weighted by atomic mass is 35.5. The molecule has 1 spiro atoms. The number of rotatable bonds is 6. The molecule has 2 aliphatic heterocycles. The van der Waals surface area contributed by atoms with Gasteiger partial charge in [-0.05, 0) is 61.7 Å². The van der Waals surface area contributed by atoms with Gasteiger partial charge in [0.05, 0.1) is 19.7 Å². The van der Waals surface area contributed by atoms with Crippen LogP contribution in [0, 0.1) is 10.1 Å². The summed E-state index contributed by atoms with van der Waals surface area (Å²) in [6.07, 6.45) is -6.90. The molecule has 0 N–H and O–H groups in total. The van der Waals surface area contributed by atoms with Gasteiger partial charge in [0.15, 0.2) is 11.2 Å². The molecule has 2 aromatic rings. The van der Waals surface area contributed by atoms with Gasteiger partial charge in [-0.15, -0.1) is 0 Å². The average Bonchev–Trinajstić information content (AvgIpc) is 3.13. The summed E-state index contributed by atoms with van der Waals surface area (Å²) in [5.41, 5.74) is -3.95. The Morgan fingerprint density at radius 1 is 1.10 bits per heavy atom. The minimum absolute atomic E-state index is 0.0529. The molecule has 0 saturated carbocycles. The molecule has 1 saturated heterocycles. The van der Waals surface area contributed by atoms with Crippen LogP contribution < -0.4 is 0 Å². The summed E-state index contributed by atoms with van der Waals surface area (Å²) in [7, 11) is 0. The molecule has 1 unspecified atom stereocenters. The zero-order chi connectivity index (χ0) is 29.0. The van der Waals surface area contributed by atoms with E-state index in [2.05, 4.69) is 0 Å². The van der Waals surface area contributed by atoms with Crippen LogP contribution in [0.1, 0.15) is 54.2 Å². The fraction of sp³-hybridized carbons (Fsp3) is 0.462. The Labute approximate surface area is 232 Å². The number of nitro groups is 1. The molecule has 1 atom stereocenters. The Kier molecular flexibility index (Phi) is 7.42. The highest BCUT2D eigenvalue weighted by molar-refractivity contribution is 6.34. The van der Waals surface area contributed by atoms with E-state index in [-0.39, 0.29) is 35.3 Å². The molecular weight excluding hydrogens is 564 g/mol. The third-order valence-corrected chi connectivity index (χ3v) is 7.22. The van der Waals surface area contributed by atoms with Crippen LogP contribution in [0.4, 0.5) is 18.0 Å². The lowest BCUT2D eigenvalue weighted by atomic mass is 9.74. The van der Waals surface area contributed by atoms with E-state index >= 15 is 0 Å². The SMILES string of the molecule is CC(C)(C)OC(=O)N1CC2(C1)OCc1cc(C(=O)CC(C[N+](=O)[O-])(c3cc(Cl)cc(Cl)c3)C(F)(F)F)ccc12. The van der Waals surface area contributed by atoms with E-state index in [1.54, 1.807) is 26.8 Å². The van der Waals surface area contributed by atoms with Crippen molar-refractivity contribution in [2.24, 2.45) is 0 Å². The minimum Gasteiger partial charge on any atom is -0.444 e. The van der Waals surface area contributed by atoms with Crippen LogP contribution in [0.15, 0.2) is 36.4 Å². The van der Waals surface area contributed by atoms with Crippen molar-refractivity contribution in [1.82, 2.24) is 4.90 Å². The second-order valence-electron chi connectivity index (χ2n) is 10.8. The number of carbonyl (C=O) groups excluding carboxylic acids is 2. The van der Waals surface area contributed by atoms with Gasteiger partial charge < -0.3 is 14.4 Å². The third kappa shape index (κ3) is 5.71. The zero-order valence-corrected chi connectivity index (χ0v) is 22.7. The normalized spacial score (nSPS) is 17.8. The Hall–Kier alpha value is -2.89. The molecule has 4 rings (SSSR count). The quantitative estimate of drug-likeness (QED) is 0.222. The van der Waals surface area contributed by atoms with E-state index in [9.17, 15) is 32.9 Å². The number of hydrogen-bond donors (Lipinski definition) is 0. The first-order chi connectivity index (χ1) is 17.9. The highest BCUT2D eigenvalue weighted by Gasteiger charge is 2.61. The summed E-state index contributed by atoms with van der Waals surface area (Å²) in [6.45, 7) is 4.19. The van der Waals surface area contributed by atoms with Crippen molar-refractivity contribution in [2.45, 2.75) is 56.6 Å². The molecule has 13 heteroatoms. The summed E-state index contributed by atoms with van der Waals surface area (Å²) >= 11 is 11.8. The lowest BCUT2D eigenvalue weighted by molar-refractivity contribution is -0.501. The van der Waals surface area contributed by atoms with Crippen molar-refractivity contribution in [3.63, 3.8) is 0 Å². The Bertz CT molecular complexity index is 1320. The van der Waals surface area contributed by atoms with Gasteiger partial charge in [-0.2, -0.15) is 13.2 Å². The first-order valence-electron chi connectivity index (χ1n) is 11.9. The van der Waals surface area contributed by atoms with Crippen molar-refractivity contribution in [3.8, 4) is 0 Å². The molecule has 0 aromatic heterocycles. The maximum absolute atomic E-state index is 14.5. The Morgan fingerprint density at radius 3 is 2.26 bits per heavy atom. The smallest absolute Gasteiger partial charge is 0.410 e. The van der Waals surface area contributed by atoms with Gasteiger partial charge >= 0.3 is 12.3 Å². The number of carbonyl (C=O) groups is 2. The number of ketones is 1. The first kappa shape index (κ1) is 29.1. The van der Waals surface area contributed by atoms with Crippen LogP contribution in [0.5, 0.6) is 0 Å². The van der Waals surface area contributed by atoms with Gasteiger partial charge in [0.2, 0.25) is 6.54 Å². The number of ether oxygens (including phenoxy) is 2. The fourth-order valence-corrected chi connectivity index (χ4v) is 5.47. The molecule has 2 aliphatic rings. The molecule has 39 heavy (non-hydrogen) atoms. The number of halogens is 5. The number of alkyl halides is 3. The summed E-state index contributed by atoms with van der Waals surface area (Å²) in [5.74, 6) is -0.946. The van der Waals surface area contributed by atoms with E-state index in [4.69, 9.17) is 32.7 Å². The average molecular weight is 589 g/mol. The Balaban J connectivity index is 1.61. The number of nitrogens with zero attached hydrogens (tertiary/aromatic N) is 2. The van der Waals surface area contributed by atoms with Crippen LogP contribution in [0.2, 0.25) is 10.0 Å². The molecule has 8 nitrogen and oxygen atoms in total. The van der Waals surface area contributed by atoms with Gasteiger partial charge in [-0.1, -0.05) is 35.3 Å². The number of Topliss-reactive ketones (excluding diaryl/α,β-unsaturated/α-hetero) is 1. The van der Waals surface area contributed by atoms with Crippen LogP contribution >= 0.6 is 23.2 Å². The van der Waals surface area contributed by atoms with Gasteiger partial charge in [0, 0.05) is 27.0 Å². The fourth-order valence-electron chi connectivity index (χ4n) is 4.94. The molecule has 0 aliphatic carbocycles. The van der Waals surface area contributed by atoms with Crippen molar-refractivity contribution in [3.05, 3.63) is 78.8 Å². The maximum Gasteiger partial charge on any atom is 0.410 e. The van der Waals surface area contributed by atoms with Crippen LogP contribution in [0.25, 0.3) is 0 Å². The molecule has 1 fully saturated rings. The molecule has 210 valence electrons. The van der Waals surface area contributed by atoms with Gasteiger partial charge in [-0.3, -0.25) is 14.9 Å². The number of hydrogen-bond acceptors (Lipinski definition) is 6. The summed E-state index contributed by atoms with van der Waals surface area (Å²) < 4.78 is 54.9.